The summed E-state index contributed by atoms with van der Waals surface area (Å²) in [6, 6.07) is 4.42. The van der Waals surface area contributed by atoms with Crippen LogP contribution in [0.5, 0.6) is 0 Å². The van der Waals surface area contributed by atoms with Gasteiger partial charge in [0, 0.05) is 19.0 Å². The molecule has 0 amide bonds. The number of aryl methyl sites for hydroxylation is 1. The Labute approximate surface area is 179 Å². The summed E-state index contributed by atoms with van der Waals surface area (Å²) in [6.07, 6.45) is 1.07. The van der Waals surface area contributed by atoms with E-state index in [1.54, 1.807) is 0 Å². The van der Waals surface area contributed by atoms with Gasteiger partial charge in [-0.25, -0.2) is 0 Å². The average molecular weight is 509 g/mol. The summed E-state index contributed by atoms with van der Waals surface area (Å²) in [5.41, 5.74) is 7.07. The van der Waals surface area contributed by atoms with E-state index >= 15 is 0 Å². The molecule has 0 fully saturated rings. The van der Waals surface area contributed by atoms with E-state index in [2.05, 4.69) is 64.8 Å². The Balaban J connectivity index is 0.000000251. The van der Waals surface area contributed by atoms with Crippen molar-refractivity contribution in [3.63, 3.8) is 0 Å². The zero-order valence-electron chi connectivity index (χ0n) is 16.0. The minimum absolute atomic E-state index is 0.566. The fourth-order valence-electron chi connectivity index (χ4n) is 2.54. The van der Waals surface area contributed by atoms with Gasteiger partial charge in [0.2, 0.25) is 0 Å². The molecular weight excluding hydrogens is 483 g/mol. The van der Waals surface area contributed by atoms with E-state index in [0.717, 1.165) is 38.7 Å². The smallest absolute Gasteiger partial charge is 0.0470 e. The molecule has 0 saturated heterocycles. The first kappa shape index (κ1) is 23.0. The minimum atomic E-state index is 0.566. The molecule has 2 aromatic carbocycles. The second kappa shape index (κ2) is 9.78. The SMILES string of the molecule is CCc1cc(Br)c(C(C)C)cc1Br.Cc1c(C)c(Cl)c(C)c(C)c1Cl. The molecule has 25 heavy (non-hydrogen) atoms. The van der Waals surface area contributed by atoms with Crippen LogP contribution < -0.4 is 0 Å². The Bertz CT molecular complexity index is 660. The van der Waals surface area contributed by atoms with E-state index in [1.165, 1.54) is 20.1 Å². The van der Waals surface area contributed by atoms with Gasteiger partial charge >= 0.3 is 0 Å². The second-order valence-corrected chi connectivity index (χ2v) is 9.07. The second-order valence-electron chi connectivity index (χ2n) is 6.60. The molecule has 0 nitrogen and oxygen atoms in total. The van der Waals surface area contributed by atoms with Crippen LogP contribution in [0.15, 0.2) is 21.1 Å². The molecule has 0 N–H and O–H groups in total. The largest absolute Gasteiger partial charge is 0.0837 e. The normalized spacial score (nSPS) is 10.7. The highest BCUT2D eigenvalue weighted by atomic mass is 79.9. The summed E-state index contributed by atoms with van der Waals surface area (Å²) in [6.45, 7) is 14.6. The molecule has 0 saturated carbocycles. The summed E-state index contributed by atoms with van der Waals surface area (Å²) in [5.74, 6) is 0.566. The predicted molar refractivity (Wildman–Crippen MR) is 121 cm³/mol. The van der Waals surface area contributed by atoms with E-state index in [9.17, 15) is 0 Å². The monoisotopic (exact) mass is 506 g/mol. The summed E-state index contributed by atoms with van der Waals surface area (Å²) >= 11 is 19.4. The van der Waals surface area contributed by atoms with E-state index < -0.39 is 0 Å². The van der Waals surface area contributed by atoms with Crippen molar-refractivity contribution in [2.75, 3.05) is 0 Å². The van der Waals surface area contributed by atoms with E-state index in [-0.39, 0.29) is 0 Å². The van der Waals surface area contributed by atoms with Crippen molar-refractivity contribution < 1.29 is 0 Å². The third-order valence-electron chi connectivity index (χ3n) is 4.61. The average Bonchev–Trinajstić information content (AvgIpc) is 2.58. The quantitative estimate of drug-likeness (QED) is 0.379. The van der Waals surface area contributed by atoms with Crippen LogP contribution in [0.25, 0.3) is 0 Å². The summed E-state index contributed by atoms with van der Waals surface area (Å²) in [4.78, 5) is 0. The molecule has 0 aliphatic heterocycles. The third kappa shape index (κ3) is 5.48. The topological polar surface area (TPSA) is 0 Å². The fourth-order valence-corrected chi connectivity index (χ4v) is 4.59. The third-order valence-corrected chi connectivity index (χ3v) is 7.17. The zero-order valence-corrected chi connectivity index (χ0v) is 20.6. The van der Waals surface area contributed by atoms with Gasteiger partial charge in [-0.05, 0) is 85.5 Å². The molecule has 2 aromatic rings. The molecule has 2 rings (SSSR count). The summed E-state index contributed by atoms with van der Waals surface area (Å²) < 4.78 is 2.45. The molecule has 0 aliphatic carbocycles. The van der Waals surface area contributed by atoms with Crippen LogP contribution in [0.3, 0.4) is 0 Å². The molecule has 0 unspecified atom stereocenters. The van der Waals surface area contributed by atoms with Crippen LogP contribution in [0, 0.1) is 27.7 Å². The standard InChI is InChI=1S/C11H14Br2.C10H12Cl2/c1-4-8-5-11(13)9(7(2)3)6-10(8)12;1-5-6(2)10(12)8(4)7(3)9(5)11/h5-7H,4H2,1-3H3;1-4H3. The van der Waals surface area contributed by atoms with Crippen molar-refractivity contribution in [1.82, 2.24) is 0 Å². The van der Waals surface area contributed by atoms with Gasteiger partial charge in [0.1, 0.15) is 0 Å². The van der Waals surface area contributed by atoms with Crippen LogP contribution in [0.4, 0.5) is 0 Å². The van der Waals surface area contributed by atoms with Gasteiger partial charge in [-0.1, -0.05) is 75.8 Å². The van der Waals surface area contributed by atoms with Crippen molar-refractivity contribution in [2.24, 2.45) is 0 Å². The molecular formula is C21H26Br2Cl2. The maximum Gasteiger partial charge on any atom is 0.0470 e. The maximum atomic E-state index is 6.10. The lowest BCUT2D eigenvalue weighted by Gasteiger charge is -2.12. The number of benzene rings is 2. The van der Waals surface area contributed by atoms with Crippen molar-refractivity contribution in [2.45, 2.75) is 60.8 Å². The maximum absolute atomic E-state index is 6.10. The number of halogens is 4. The molecule has 0 aromatic heterocycles. The van der Waals surface area contributed by atoms with Crippen LogP contribution in [0.2, 0.25) is 10.0 Å². The van der Waals surface area contributed by atoms with Gasteiger partial charge < -0.3 is 0 Å². The zero-order chi connectivity index (χ0) is 19.5. The molecule has 138 valence electrons. The molecule has 4 heteroatoms. The van der Waals surface area contributed by atoms with E-state index in [1.807, 2.05) is 27.7 Å². The molecule has 0 bridgehead atoms. The Kier molecular flexibility index (Phi) is 9.01. The van der Waals surface area contributed by atoms with Crippen molar-refractivity contribution in [3.8, 4) is 0 Å². The highest BCUT2D eigenvalue weighted by molar-refractivity contribution is 9.11. The van der Waals surface area contributed by atoms with Gasteiger partial charge in [0.25, 0.3) is 0 Å². The van der Waals surface area contributed by atoms with Gasteiger partial charge in [-0.3, -0.25) is 0 Å². The first-order valence-electron chi connectivity index (χ1n) is 8.41. The number of hydrogen-bond acceptors (Lipinski definition) is 0. The lowest BCUT2D eigenvalue weighted by Crippen LogP contribution is -1.92. The lowest BCUT2D eigenvalue weighted by molar-refractivity contribution is 0.857. The molecule has 0 radical (unpaired) electrons. The highest BCUT2D eigenvalue weighted by Crippen LogP contribution is 2.33. The Morgan fingerprint density at radius 2 is 1.20 bits per heavy atom. The molecule has 0 heterocycles. The fraction of sp³-hybridized carbons (Fsp3) is 0.429. The number of hydrogen-bond donors (Lipinski definition) is 0. The van der Waals surface area contributed by atoms with Gasteiger partial charge in [0.15, 0.2) is 0 Å². The predicted octanol–water partition coefficient (Wildman–Crippen LogP) is 9.12. The van der Waals surface area contributed by atoms with Crippen molar-refractivity contribution >= 4 is 55.1 Å². The number of rotatable bonds is 2. The lowest BCUT2D eigenvalue weighted by atomic mass is 10.0. The molecule has 0 spiro atoms. The van der Waals surface area contributed by atoms with Crippen LogP contribution >= 0.6 is 55.1 Å². The Morgan fingerprint density at radius 1 is 0.800 bits per heavy atom. The van der Waals surface area contributed by atoms with Gasteiger partial charge in [0.05, 0.1) is 0 Å². The van der Waals surface area contributed by atoms with Gasteiger partial charge in [-0.15, -0.1) is 0 Å². The van der Waals surface area contributed by atoms with E-state index in [0.29, 0.717) is 5.92 Å². The Morgan fingerprint density at radius 3 is 1.52 bits per heavy atom. The first-order chi connectivity index (χ1) is 11.5. The van der Waals surface area contributed by atoms with Gasteiger partial charge in [-0.2, -0.15) is 0 Å². The van der Waals surface area contributed by atoms with Crippen LogP contribution in [-0.2, 0) is 6.42 Å². The minimum Gasteiger partial charge on any atom is -0.0837 e. The van der Waals surface area contributed by atoms with Crippen LogP contribution in [-0.4, -0.2) is 0 Å². The van der Waals surface area contributed by atoms with Crippen molar-refractivity contribution in [3.05, 3.63) is 64.5 Å². The first-order valence-corrected chi connectivity index (χ1v) is 10.8. The van der Waals surface area contributed by atoms with Crippen molar-refractivity contribution in [1.29, 1.82) is 0 Å². The summed E-state index contributed by atoms with van der Waals surface area (Å²) in [5, 5.41) is 1.68. The van der Waals surface area contributed by atoms with E-state index in [4.69, 9.17) is 23.2 Å². The van der Waals surface area contributed by atoms with Crippen LogP contribution in [0.1, 0.15) is 60.1 Å². The molecule has 0 atom stereocenters. The summed E-state index contributed by atoms with van der Waals surface area (Å²) in [7, 11) is 0. The Hall–Kier alpha value is -0.0200. The highest BCUT2D eigenvalue weighted by Gasteiger charge is 2.11. The molecule has 0 aliphatic rings.